The molecule has 0 spiro atoms. The average Bonchev–Trinajstić information content (AvgIpc) is 2.58. The van der Waals surface area contributed by atoms with Crippen LogP contribution in [0.4, 0.5) is 8.78 Å². The summed E-state index contributed by atoms with van der Waals surface area (Å²) >= 11 is 11.7. The lowest BCUT2D eigenvalue weighted by atomic mass is 10.1. The fourth-order valence-corrected chi connectivity index (χ4v) is 4.22. The largest absolute Gasteiger partial charge is 0.207 e. The first-order valence-corrected chi connectivity index (χ1v) is 7.84. The molecule has 0 saturated heterocycles. The average molecular weight is 447 g/mol. The fraction of sp³-hybridized carbons (Fsp3) is 0.0909. The van der Waals surface area contributed by atoms with E-state index in [9.17, 15) is 8.78 Å². The van der Waals surface area contributed by atoms with Gasteiger partial charge in [-0.3, -0.25) is 0 Å². The molecule has 1 unspecified atom stereocenters. The molecule has 0 aliphatic carbocycles. The van der Waals surface area contributed by atoms with Gasteiger partial charge in [0.25, 0.3) is 0 Å². The highest BCUT2D eigenvalue weighted by Gasteiger charge is 2.18. The molecule has 90 valence electrons. The Hall–Kier alpha value is 0.220. The van der Waals surface area contributed by atoms with Crippen molar-refractivity contribution in [1.82, 2.24) is 0 Å². The van der Waals surface area contributed by atoms with Crippen molar-refractivity contribution in [3.8, 4) is 0 Å². The quantitative estimate of drug-likeness (QED) is 0.494. The van der Waals surface area contributed by atoms with Crippen molar-refractivity contribution < 1.29 is 8.78 Å². The highest BCUT2D eigenvalue weighted by atomic mass is 79.9. The fourth-order valence-electron chi connectivity index (χ4n) is 1.35. The number of hydrogen-bond acceptors (Lipinski definition) is 1. The molecular weight excluding hydrogens is 442 g/mol. The Morgan fingerprint density at radius 2 is 1.82 bits per heavy atom. The minimum Gasteiger partial charge on any atom is -0.207 e. The van der Waals surface area contributed by atoms with E-state index in [0.717, 1.165) is 19.2 Å². The predicted octanol–water partition coefficient (Wildman–Crippen LogP) is 6.04. The van der Waals surface area contributed by atoms with Crippen LogP contribution in [-0.4, -0.2) is 0 Å². The molecule has 0 N–H and O–H groups in total. The van der Waals surface area contributed by atoms with E-state index >= 15 is 0 Å². The van der Waals surface area contributed by atoms with Crippen molar-refractivity contribution >= 4 is 59.1 Å². The number of halogens is 5. The third kappa shape index (κ3) is 2.97. The summed E-state index contributed by atoms with van der Waals surface area (Å²) < 4.78 is 28.3. The van der Waals surface area contributed by atoms with Gasteiger partial charge in [-0.1, -0.05) is 22.0 Å². The Balaban J connectivity index is 2.39. The summed E-state index contributed by atoms with van der Waals surface area (Å²) in [5.74, 6) is -1.12. The van der Waals surface area contributed by atoms with Crippen molar-refractivity contribution in [3.05, 3.63) is 54.6 Å². The van der Waals surface area contributed by atoms with E-state index in [-0.39, 0.29) is 4.83 Å². The summed E-state index contributed by atoms with van der Waals surface area (Å²) in [6.45, 7) is 0. The second-order valence-electron chi connectivity index (χ2n) is 3.30. The zero-order valence-corrected chi connectivity index (χ0v) is 13.8. The third-order valence-corrected chi connectivity index (χ3v) is 6.76. The van der Waals surface area contributed by atoms with Gasteiger partial charge in [0.1, 0.15) is 11.6 Å². The van der Waals surface area contributed by atoms with Crippen molar-refractivity contribution in [1.29, 1.82) is 0 Å². The van der Waals surface area contributed by atoms with E-state index in [4.69, 9.17) is 0 Å². The molecule has 1 aromatic heterocycles. The first-order chi connectivity index (χ1) is 7.99. The van der Waals surface area contributed by atoms with Gasteiger partial charge in [-0.05, 0) is 44.0 Å². The number of benzene rings is 1. The SMILES string of the molecule is Fc1ccc(C(Br)c2cc(Br)c(Br)s2)c(F)c1. The van der Waals surface area contributed by atoms with Crippen LogP contribution in [-0.2, 0) is 0 Å². The summed E-state index contributed by atoms with van der Waals surface area (Å²) in [5.41, 5.74) is 0.424. The Morgan fingerprint density at radius 3 is 2.35 bits per heavy atom. The van der Waals surface area contributed by atoms with Gasteiger partial charge in [0, 0.05) is 21.0 Å². The van der Waals surface area contributed by atoms with E-state index in [1.54, 1.807) is 0 Å². The molecule has 6 heteroatoms. The molecule has 0 bridgehead atoms. The molecule has 1 aromatic carbocycles. The van der Waals surface area contributed by atoms with E-state index in [0.29, 0.717) is 5.56 Å². The second kappa shape index (κ2) is 5.47. The zero-order valence-electron chi connectivity index (χ0n) is 8.18. The molecule has 0 amide bonds. The predicted molar refractivity (Wildman–Crippen MR) is 76.8 cm³/mol. The van der Waals surface area contributed by atoms with E-state index < -0.39 is 11.6 Å². The minimum atomic E-state index is -0.570. The molecule has 0 saturated carbocycles. The highest BCUT2D eigenvalue weighted by Crippen LogP contribution is 2.41. The first-order valence-electron chi connectivity index (χ1n) is 4.53. The van der Waals surface area contributed by atoms with Crippen LogP contribution >= 0.6 is 59.1 Å². The molecule has 0 aliphatic heterocycles. The van der Waals surface area contributed by atoms with E-state index in [1.807, 2.05) is 6.07 Å². The van der Waals surface area contributed by atoms with Gasteiger partial charge in [0.15, 0.2) is 0 Å². The van der Waals surface area contributed by atoms with Crippen LogP contribution in [0.2, 0.25) is 0 Å². The topological polar surface area (TPSA) is 0 Å². The third-order valence-electron chi connectivity index (χ3n) is 2.15. The summed E-state index contributed by atoms with van der Waals surface area (Å²) in [6, 6.07) is 5.49. The van der Waals surface area contributed by atoms with Crippen molar-refractivity contribution in [3.63, 3.8) is 0 Å². The van der Waals surface area contributed by atoms with Crippen LogP contribution in [0.3, 0.4) is 0 Å². The number of hydrogen-bond donors (Lipinski definition) is 0. The highest BCUT2D eigenvalue weighted by molar-refractivity contribution is 9.13. The number of rotatable bonds is 2. The number of thiophene rings is 1. The number of alkyl halides is 1. The molecule has 0 radical (unpaired) electrons. The van der Waals surface area contributed by atoms with Crippen LogP contribution in [0.1, 0.15) is 15.3 Å². The van der Waals surface area contributed by atoms with Crippen molar-refractivity contribution in [2.75, 3.05) is 0 Å². The standard InChI is InChI=1S/C11H5Br3F2S/c12-7-4-9(17-11(7)14)10(13)6-2-1-5(15)3-8(6)16/h1-4,10H. The monoisotopic (exact) mass is 444 g/mol. The molecule has 0 fully saturated rings. The second-order valence-corrected chi connectivity index (χ2v) is 7.47. The maximum atomic E-state index is 13.6. The van der Waals surface area contributed by atoms with Crippen molar-refractivity contribution in [2.24, 2.45) is 0 Å². The van der Waals surface area contributed by atoms with Gasteiger partial charge in [-0.2, -0.15) is 0 Å². The zero-order chi connectivity index (χ0) is 12.6. The minimum absolute atomic E-state index is 0.282. The van der Waals surface area contributed by atoms with Gasteiger partial charge in [-0.25, -0.2) is 8.78 Å². The smallest absolute Gasteiger partial charge is 0.130 e. The Labute approximate surface area is 126 Å². The lowest BCUT2D eigenvalue weighted by molar-refractivity contribution is 0.574. The van der Waals surface area contributed by atoms with Crippen LogP contribution in [0.25, 0.3) is 0 Å². The molecule has 1 atom stereocenters. The van der Waals surface area contributed by atoms with Gasteiger partial charge in [0.05, 0.1) is 8.61 Å². The molecular formula is C11H5Br3F2S. The van der Waals surface area contributed by atoms with Gasteiger partial charge >= 0.3 is 0 Å². The summed E-state index contributed by atoms with van der Waals surface area (Å²) in [6.07, 6.45) is 0. The van der Waals surface area contributed by atoms with E-state index in [2.05, 4.69) is 47.8 Å². The first kappa shape index (κ1) is 13.6. The van der Waals surface area contributed by atoms with Crippen LogP contribution < -0.4 is 0 Å². The van der Waals surface area contributed by atoms with Gasteiger partial charge < -0.3 is 0 Å². The maximum Gasteiger partial charge on any atom is 0.130 e. The Kier molecular flexibility index (Phi) is 4.39. The summed E-state index contributed by atoms with van der Waals surface area (Å²) in [7, 11) is 0. The Morgan fingerprint density at radius 1 is 1.12 bits per heavy atom. The van der Waals surface area contributed by atoms with E-state index in [1.165, 1.54) is 23.5 Å². The lowest BCUT2D eigenvalue weighted by Crippen LogP contribution is -1.95. The molecule has 17 heavy (non-hydrogen) atoms. The van der Waals surface area contributed by atoms with Crippen molar-refractivity contribution in [2.45, 2.75) is 4.83 Å². The summed E-state index contributed by atoms with van der Waals surface area (Å²) in [5, 5.41) is 0. The molecule has 1 heterocycles. The van der Waals surface area contributed by atoms with Crippen LogP contribution in [0.15, 0.2) is 32.5 Å². The lowest BCUT2D eigenvalue weighted by Gasteiger charge is -2.09. The van der Waals surface area contributed by atoms with Crippen LogP contribution in [0, 0.1) is 11.6 Å². The Bertz CT molecular complexity index is 534. The molecule has 0 aliphatic rings. The maximum absolute atomic E-state index is 13.6. The molecule has 2 aromatic rings. The van der Waals surface area contributed by atoms with Crippen LogP contribution in [0.5, 0.6) is 0 Å². The van der Waals surface area contributed by atoms with Gasteiger partial charge in [0.2, 0.25) is 0 Å². The molecule has 0 nitrogen and oxygen atoms in total. The van der Waals surface area contributed by atoms with Gasteiger partial charge in [-0.15, -0.1) is 11.3 Å². The summed E-state index contributed by atoms with van der Waals surface area (Å²) in [4.78, 5) is 0.657. The normalized spacial score (nSPS) is 12.8. The molecule has 2 rings (SSSR count).